The summed E-state index contributed by atoms with van der Waals surface area (Å²) in [5.74, 6) is -0.0205. The van der Waals surface area contributed by atoms with E-state index in [9.17, 15) is 14.0 Å². The Hall–Kier alpha value is -3.09. The van der Waals surface area contributed by atoms with Crippen LogP contribution in [0.1, 0.15) is 13.3 Å². The van der Waals surface area contributed by atoms with Crippen molar-refractivity contribution < 1.29 is 23.5 Å². The van der Waals surface area contributed by atoms with Crippen molar-refractivity contribution in [3.63, 3.8) is 0 Å². The van der Waals surface area contributed by atoms with E-state index in [0.717, 1.165) is 0 Å². The van der Waals surface area contributed by atoms with Crippen LogP contribution in [0.2, 0.25) is 0 Å². The Labute approximate surface area is 156 Å². The van der Waals surface area contributed by atoms with Gasteiger partial charge in [-0.15, -0.1) is 0 Å². The number of hydrogen-bond acceptors (Lipinski definition) is 4. The van der Waals surface area contributed by atoms with Crippen LogP contribution in [-0.2, 0) is 9.59 Å². The van der Waals surface area contributed by atoms with Crippen LogP contribution in [0.5, 0.6) is 11.5 Å². The molecule has 1 aliphatic rings. The highest BCUT2D eigenvalue weighted by atomic mass is 19.1. The number of amides is 2. The highest BCUT2D eigenvalue weighted by molar-refractivity contribution is 5.98. The predicted octanol–water partition coefficient (Wildman–Crippen LogP) is 2.52. The molecule has 1 saturated heterocycles. The Balaban J connectivity index is 1.61. The fraction of sp³-hybridized carbons (Fsp3) is 0.300. The minimum absolute atomic E-state index is 0.0940. The van der Waals surface area contributed by atoms with E-state index in [1.165, 1.54) is 18.2 Å². The zero-order valence-corrected chi connectivity index (χ0v) is 15.1. The van der Waals surface area contributed by atoms with E-state index in [4.69, 9.17) is 9.47 Å². The molecule has 2 amide bonds. The number of methoxy groups -OCH3 is 1. The molecule has 6 nitrogen and oxygen atoms in total. The normalized spacial score (nSPS) is 17.5. The second kappa shape index (κ2) is 8.07. The van der Waals surface area contributed by atoms with Gasteiger partial charge in [0.15, 0.2) is 6.10 Å². The Morgan fingerprint density at radius 3 is 2.78 bits per heavy atom. The molecular formula is C20H21FN2O4. The van der Waals surface area contributed by atoms with Crippen molar-refractivity contribution in [1.29, 1.82) is 0 Å². The Morgan fingerprint density at radius 1 is 1.26 bits per heavy atom. The number of carbonyl (C=O) groups is 2. The van der Waals surface area contributed by atoms with Gasteiger partial charge in [-0.05, 0) is 31.2 Å². The molecule has 2 aromatic rings. The number of carbonyl (C=O) groups excluding carboxylic acids is 2. The summed E-state index contributed by atoms with van der Waals surface area (Å²) in [7, 11) is 1.55. The van der Waals surface area contributed by atoms with Gasteiger partial charge in [-0.2, -0.15) is 0 Å². The van der Waals surface area contributed by atoms with Crippen molar-refractivity contribution in [1.82, 2.24) is 5.32 Å². The molecule has 0 aliphatic carbocycles. The van der Waals surface area contributed by atoms with Crippen LogP contribution in [-0.4, -0.2) is 37.6 Å². The molecule has 0 saturated carbocycles. The number of nitrogens with zero attached hydrogens (tertiary/aromatic N) is 1. The van der Waals surface area contributed by atoms with E-state index >= 15 is 0 Å². The van der Waals surface area contributed by atoms with Gasteiger partial charge in [0.05, 0.1) is 18.8 Å². The van der Waals surface area contributed by atoms with Gasteiger partial charge < -0.3 is 19.7 Å². The lowest BCUT2D eigenvalue weighted by Crippen LogP contribution is -2.43. The van der Waals surface area contributed by atoms with E-state index in [0.29, 0.717) is 18.0 Å². The van der Waals surface area contributed by atoms with Crippen LogP contribution < -0.4 is 19.7 Å². The number of ether oxygens (including phenoxy) is 2. The molecular weight excluding hydrogens is 351 g/mol. The maximum Gasteiger partial charge on any atom is 0.261 e. The van der Waals surface area contributed by atoms with E-state index in [2.05, 4.69) is 5.32 Å². The number of rotatable bonds is 6. The van der Waals surface area contributed by atoms with Gasteiger partial charge >= 0.3 is 0 Å². The Bertz CT molecular complexity index is 842. The maximum atomic E-state index is 13.2. The number of hydrogen-bond donors (Lipinski definition) is 1. The van der Waals surface area contributed by atoms with Crippen LogP contribution in [0.15, 0.2) is 48.5 Å². The van der Waals surface area contributed by atoms with Gasteiger partial charge in [-0.25, -0.2) is 4.39 Å². The van der Waals surface area contributed by atoms with Gasteiger partial charge in [0, 0.05) is 19.0 Å². The number of nitrogens with one attached hydrogen (secondary N) is 1. The predicted molar refractivity (Wildman–Crippen MR) is 98.4 cm³/mol. The van der Waals surface area contributed by atoms with Gasteiger partial charge in [0.1, 0.15) is 17.3 Å². The van der Waals surface area contributed by atoms with Gasteiger partial charge in [-0.3, -0.25) is 9.59 Å². The molecule has 1 aliphatic heterocycles. The molecule has 0 bridgehead atoms. The molecule has 2 atom stereocenters. The molecule has 0 aromatic heterocycles. The number of halogens is 1. The molecule has 2 aromatic carbocycles. The summed E-state index contributed by atoms with van der Waals surface area (Å²) in [6, 6.07) is 12.5. The minimum Gasteiger partial charge on any atom is -0.495 e. The smallest absolute Gasteiger partial charge is 0.261 e. The van der Waals surface area contributed by atoms with Gasteiger partial charge in [0.2, 0.25) is 5.91 Å². The molecule has 1 fully saturated rings. The summed E-state index contributed by atoms with van der Waals surface area (Å²) in [6.45, 7) is 1.92. The molecule has 142 valence electrons. The van der Waals surface area contributed by atoms with Crippen molar-refractivity contribution >= 4 is 17.5 Å². The van der Waals surface area contributed by atoms with Gasteiger partial charge in [-0.1, -0.05) is 18.2 Å². The molecule has 0 unspecified atom stereocenters. The van der Waals surface area contributed by atoms with E-state index in [1.807, 2.05) is 12.1 Å². The first-order chi connectivity index (χ1) is 13.0. The topological polar surface area (TPSA) is 67.9 Å². The first-order valence-corrected chi connectivity index (χ1v) is 8.64. The third kappa shape index (κ3) is 4.36. The fourth-order valence-corrected chi connectivity index (χ4v) is 3.01. The third-order valence-electron chi connectivity index (χ3n) is 4.33. The number of para-hydroxylation sites is 2. The summed E-state index contributed by atoms with van der Waals surface area (Å²) < 4.78 is 24.0. The SMILES string of the molecule is COc1ccccc1N1C[C@@H](NC(=O)[C@@H](C)Oc2cccc(F)c2)CC1=O. The lowest BCUT2D eigenvalue weighted by Gasteiger charge is -2.20. The van der Waals surface area contributed by atoms with E-state index in [1.54, 1.807) is 37.1 Å². The minimum atomic E-state index is -0.817. The first kappa shape index (κ1) is 18.7. The lowest BCUT2D eigenvalue weighted by atomic mass is 10.2. The standard InChI is InChI=1S/C20H21FN2O4/c1-13(27-16-7-5-6-14(21)10-16)20(25)22-15-11-19(24)23(12-15)17-8-3-4-9-18(17)26-2/h3-10,13,15H,11-12H2,1-2H3,(H,22,25)/t13-,15+/m1/s1. The summed E-state index contributed by atoms with van der Waals surface area (Å²) in [5, 5.41) is 2.82. The van der Waals surface area contributed by atoms with Crippen molar-refractivity contribution in [3.05, 3.63) is 54.3 Å². The summed E-state index contributed by atoms with van der Waals surface area (Å²) >= 11 is 0. The Kier molecular flexibility index (Phi) is 5.59. The molecule has 1 heterocycles. The average molecular weight is 372 g/mol. The lowest BCUT2D eigenvalue weighted by molar-refractivity contribution is -0.127. The summed E-state index contributed by atoms with van der Waals surface area (Å²) in [5.41, 5.74) is 0.672. The molecule has 0 radical (unpaired) electrons. The third-order valence-corrected chi connectivity index (χ3v) is 4.33. The second-order valence-electron chi connectivity index (χ2n) is 6.30. The Morgan fingerprint density at radius 2 is 2.04 bits per heavy atom. The zero-order valence-electron chi connectivity index (χ0n) is 15.1. The molecule has 3 rings (SSSR count). The average Bonchev–Trinajstić information content (AvgIpc) is 3.01. The van der Waals surface area contributed by atoms with Crippen molar-refractivity contribution in [3.8, 4) is 11.5 Å². The highest BCUT2D eigenvalue weighted by Crippen LogP contribution is 2.31. The summed E-state index contributed by atoms with van der Waals surface area (Å²) in [6.07, 6.45) is -0.626. The quantitative estimate of drug-likeness (QED) is 0.846. The van der Waals surface area contributed by atoms with Crippen LogP contribution in [0.25, 0.3) is 0 Å². The molecule has 27 heavy (non-hydrogen) atoms. The van der Waals surface area contributed by atoms with Crippen molar-refractivity contribution in [2.75, 3.05) is 18.6 Å². The van der Waals surface area contributed by atoms with Crippen LogP contribution >= 0.6 is 0 Å². The molecule has 0 spiro atoms. The van der Waals surface area contributed by atoms with E-state index < -0.39 is 11.9 Å². The maximum absolute atomic E-state index is 13.2. The first-order valence-electron chi connectivity index (χ1n) is 8.64. The van der Waals surface area contributed by atoms with Crippen LogP contribution in [0, 0.1) is 5.82 Å². The van der Waals surface area contributed by atoms with Crippen LogP contribution in [0.3, 0.4) is 0 Å². The second-order valence-corrected chi connectivity index (χ2v) is 6.30. The molecule has 7 heteroatoms. The largest absolute Gasteiger partial charge is 0.495 e. The highest BCUT2D eigenvalue weighted by Gasteiger charge is 2.33. The zero-order chi connectivity index (χ0) is 19.4. The molecule has 1 N–H and O–H groups in total. The summed E-state index contributed by atoms with van der Waals surface area (Å²) in [4.78, 5) is 26.4. The monoisotopic (exact) mass is 372 g/mol. The number of benzene rings is 2. The van der Waals surface area contributed by atoms with Crippen LogP contribution in [0.4, 0.5) is 10.1 Å². The van der Waals surface area contributed by atoms with Gasteiger partial charge in [0.25, 0.3) is 5.91 Å². The van der Waals surface area contributed by atoms with E-state index in [-0.39, 0.29) is 30.0 Å². The van der Waals surface area contributed by atoms with Crippen molar-refractivity contribution in [2.45, 2.75) is 25.5 Å². The van der Waals surface area contributed by atoms with Crippen molar-refractivity contribution in [2.24, 2.45) is 0 Å². The number of anilines is 1. The fourth-order valence-electron chi connectivity index (χ4n) is 3.01.